The van der Waals surface area contributed by atoms with Crippen LogP contribution in [-0.2, 0) is 28.4 Å². The molecule has 0 spiro atoms. The molecule has 0 bridgehead atoms. The Kier molecular flexibility index (Phi) is 5.23. The molecule has 2 saturated heterocycles. The van der Waals surface area contributed by atoms with Crippen LogP contribution >= 0.6 is 0 Å². The quantitative estimate of drug-likeness (QED) is 0.724. The average molecular weight is 328 g/mol. The first-order chi connectivity index (χ1) is 11.2. The molecule has 126 valence electrons. The molecular weight excluding hydrogens is 312 g/mol. The predicted molar refractivity (Wildman–Crippen MR) is 70.7 cm³/mol. The fourth-order valence-electron chi connectivity index (χ4n) is 1.98. The fraction of sp³-hybridized carbons (Fsp3) is 0.571. The molecule has 0 aromatic carbocycles. The van der Waals surface area contributed by atoms with Crippen LogP contribution in [0, 0.1) is 0 Å². The van der Waals surface area contributed by atoms with Crippen LogP contribution in [0.25, 0.3) is 0 Å². The van der Waals surface area contributed by atoms with Crippen molar-refractivity contribution in [1.29, 1.82) is 0 Å². The van der Waals surface area contributed by atoms with Crippen molar-refractivity contribution >= 4 is 11.9 Å². The first kappa shape index (κ1) is 15.9. The van der Waals surface area contributed by atoms with Gasteiger partial charge in [-0.05, 0) is 12.1 Å². The van der Waals surface area contributed by atoms with E-state index >= 15 is 0 Å². The van der Waals surface area contributed by atoms with Crippen molar-refractivity contribution in [2.45, 2.75) is 12.6 Å². The second-order valence-electron chi connectivity index (χ2n) is 4.73. The van der Waals surface area contributed by atoms with Gasteiger partial charge < -0.3 is 32.8 Å². The Hall–Kier alpha value is -1.94. The molecule has 1 aromatic heterocycles. The van der Waals surface area contributed by atoms with Crippen LogP contribution < -0.4 is 0 Å². The van der Waals surface area contributed by atoms with Crippen LogP contribution in [0.3, 0.4) is 0 Å². The van der Waals surface area contributed by atoms with E-state index in [4.69, 9.17) is 32.8 Å². The highest BCUT2D eigenvalue weighted by Crippen LogP contribution is 2.14. The topological polar surface area (TPSA) is 103 Å². The minimum atomic E-state index is -0.787. The molecule has 0 N–H and O–H groups in total. The Bertz CT molecular complexity index is 494. The number of ether oxygens (including phenoxy) is 6. The molecule has 0 saturated carbocycles. The summed E-state index contributed by atoms with van der Waals surface area (Å²) < 4.78 is 35.9. The molecule has 0 aliphatic carbocycles. The zero-order valence-corrected chi connectivity index (χ0v) is 12.2. The van der Waals surface area contributed by atoms with Gasteiger partial charge in [-0.15, -0.1) is 0 Å². The molecule has 23 heavy (non-hydrogen) atoms. The van der Waals surface area contributed by atoms with Gasteiger partial charge in [0.2, 0.25) is 24.1 Å². The minimum absolute atomic E-state index is 0.132. The lowest BCUT2D eigenvalue weighted by atomic mass is 10.4. The average Bonchev–Trinajstić information content (AvgIpc) is 3.07. The van der Waals surface area contributed by atoms with E-state index in [-0.39, 0.29) is 24.7 Å². The van der Waals surface area contributed by atoms with Gasteiger partial charge in [-0.2, -0.15) is 0 Å². The van der Waals surface area contributed by atoms with E-state index in [1.165, 1.54) is 12.1 Å². The van der Waals surface area contributed by atoms with Crippen LogP contribution in [0.4, 0.5) is 0 Å². The van der Waals surface area contributed by atoms with Gasteiger partial charge in [-0.25, -0.2) is 9.59 Å². The third-order valence-electron chi connectivity index (χ3n) is 3.06. The molecule has 1 aromatic rings. The Balaban J connectivity index is 1.53. The zero-order chi connectivity index (χ0) is 16.1. The second-order valence-corrected chi connectivity index (χ2v) is 4.73. The molecule has 9 heteroatoms. The summed E-state index contributed by atoms with van der Waals surface area (Å²) >= 11 is 0. The zero-order valence-electron chi connectivity index (χ0n) is 12.2. The van der Waals surface area contributed by atoms with Crippen molar-refractivity contribution in [3.63, 3.8) is 0 Å². The van der Waals surface area contributed by atoms with Crippen LogP contribution in [0.5, 0.6) is 0 Å². The molecule has 0 amide bonds. The first-order valence-electron chi connectivity index (χ1n) is 7.13. The lowest BCUT2D eigenvalue weighted by Crippen LogP contribution is -2.33. The Morgan fingerprint density at radius 3 is 1.70 bits per heavy atom. The lowest BCUT2D eigenvalue weighted by Gasteiger charge is -2.22. The largest absolute Gasteiger partial charge is 0.442 e. The third kappa shape index (κ3) is 4.29. The van der Waals surface area contributed by atoms with E-state index in [9.17, 15) is 9.59 Å². The van der Waals surface area contributed by atoms with Crippen molar-refractivity contribution in [2.75, 3.05) is 39.6 Å². The number of carbonyl (C=O) groups excluding carboxylic acids is 2. The second kappa shape index (κ2) is 7.55. The fourth-order valence-corrected chi connectivity index (χ4v) is 1.98. The van der Waals surface area contributed by atoms with Crippen molar-refractivity contribution < 1.29 is 42.4 Å². The summed E-state index contributed by atoms with van der Waals surface area (Å²) in [7, 11) is 0. The van der Waals surface area contributed by atoms with Crippen LogP contribution in [0.1, 0.15) is 21.1 Å². The molecular formula is C14H16O9. The number of hydrogen-bond donors (Lipinski definition) is 0. The van der Waals surface area contributed by atoms with Crippen LogP contribution in [0.2, 0.25) is 0 Å². The summed E-state index contributed by atoms with van der Waals surface area (Å²) in [6, 6.07) is 2.64. The van der Waals surface area contributed by atoms with E-state index in [1.54, 1.807) is 0 Å². The Morgan fingerprint density at radius 1 is 0.826 bits per heavy atom. The Morgan fingerprint density at radius 2 is 1.30 bits per heavy atom. The normalized spacial score (nSPS) is 24.9. The van der Waals surface area contributed by atoms with Gasteiger partial charge >= 0.3 is 11.9 Å². The summed E-state index contributed by atoms with van der Waals surface area (Å²) in [6.45, 7) is 1.91. The molecule has 0 radical (unpaired) electrons. The van der Waals surface area contributed by atoms with Crippen molar-refractivity contribution in [3.05, 3.63) is 23.7 Å². The van der Waals surface area contributed by atoms with Gasteiger partial charge in [-0.3, -0.25) is 0 Å². The summed E-state index contributed by atoms with van der Waals surface area (Å²) in [5.74, 6) is -1.77. The summed E-state index contributed by atoms with van der Waals surface area (Å²) in [4.78, 5) is 23.8. The van der Waals surface area contributed by atoms with Gasteiger partial charge in [-0.1, -0.05) is 0 Å². The Labute approximate surface area is 131 Å². The van der Waals surface area contributed by atoms with E-state index in [0.717, 1.165) is 0 Å². The van der Waals surface area contributed by atoms with E-state index in [2.05, 4.69) is 0 Å². The van der Waals surface area contributed by atoms with Crippen LogP contribution in [-0.4, -0.2) is 64.2 Å². The summed E-state index contributed by atoms with van der Waals surface area (Å²) in [5.41, 5.74) is 0. The minimum Gasteiger partial charge on any atom is -0.442 e. The van der Waals surface area contributed by atoms with Gasteiger partial charge in [0, 0.05) is 0 Å². The third-order valence-corrected chi connectivity index (χ3v) is 3.06. The standard InChI is InChI=1S/C14H16O9/c15-13(22-11-7-17-3-5-19-11)9-1-2-10(21-9)14(16)23-12-8-18-4-6-20-12/h1-2,11-12H,3-8H2. The maximum absolute atomic E-state index is 11.9. The number of furan rings is 1. The van der Waals surface area contributed by atoms with Crippen molar-refractivity contribution in [3.8, 4) is 0 Å². The van der Waals surface area contributed by atoms with Crippen molar-refractivity contribution in [1.82, 2.24) is 0 Å². The van der Waals surface area contributed by atoms with Gasteiger partial charge in [0.05, 0.1) is 26.4 Å². The number of carbonyl (C=O) groups is 2. The molecule has 3 rings (SSSR count). The predicted octanol–water partition coefficient (Wildman–Crippen LogP) is 0.339. The van der Waals surface area contributed by atoms with Crippen LogP contribution in [0.15, 0.2) is 16.5 Å². The van der Waals surface area contributed by atoms with E-state index in [0.29, 0.717) is 26.4 Å². The van der Waals surface area contributed by atoms with Gasteiger partial charge in [0.15, 0.2) is 0 Å². The highest BCUT2D eigenvalue weighted by molar-refractivity contribution is 5.90. The number of rotatable bonds is 4. The van der Waals surface area contributed by atoms with Gasteiger partial charge in [0.25, 0.3) is 0 Å². The summed E-state index contributed by atoms with van der Waals surface area (Å²) in [6.07, 6.45) is -1.57. The maximum atomic E-state index is 11.9. The molecule has 2 fully saturated rings. The lowest BCUT2D eigenvalue weighted by molar-refractivity contribution is -0.187. The highest BCUT2D eigenvalue weighted by atomic mass is 16.7. The summed E-state index contributed by atoms with van der Waals surface area (Å²) in [5, 5.41) is 0. The number of hydrogen-bond acceptors (Lipinski definition) is 9. The highest BCUT2D eigenvalue weighted by Gasteiger charge is 2.25. The van der Waals surface area contributed by atoms with Gasteiger partial charge in [0.1, 0.15) is 13.2 Å². The van der Waals surface area contributed by atoms with Crippen molar-refractivity contribution in [2.24, 2.45) is 0 Å². The molecule has 2 aliphatic heterocycles. The smallest absolute Gasteiger partial charge is 0.376 e. The molecule has 2 unspecified atom stereocenters. The SMILES string of the molecule is O=C(OC1COCCO1)c1ccc(C(=O)OC2COCCO2)o1. The molecule has 2 aliphatic rings. The number of esters is 2. The maximum Gasteiger partial charge on any atom is 0.376 e. The van der Waals surface area contributed by atoms with E-state index < -0.39 is 24.5 Å². The molecule has 9 nitrogen and oxygen atoms in total. The molecule has 2 atom stereocenters. The van der Waals surface area contributed by atoms with E-state index in [1.807, 2.05) is 0 Å². The first-order valence-corrected chi connectivity index (χ1v) is 7.13. The molecule has 3 heterocycles. The monoisotopic (exact) mass is 328 g/mol.